The molecule has 0 spiro atoms. The number of H-pyrrole nitrogens is 1. The Bertz CT molecular complexity index is 520. The van der Waals surface area contributed by atoms with Crippen LogP contribution in [0, 0.1) is 5.82 Å². The van der Waals surface area contributed by atoms with Gasteiger partial charge in [0.2, 0.25) is 0 Å². The van der Waals surface area contributed by atoms with E-state index in [-0.39, 0.29) is 0 Å². The summed E-state index contributed by atoms with van der Waals surface area (Å²) in [6.45, 7) is 0. The van der Waals surface area contributed by atoms with E-state index in [1.165, 1.54) is 18.2 Å². The summed E-state index contributed by atoms with van der Waals surface area (Å²) in [4.78, 5) is 11.1. The molecular formula is C7H4BrFN4O. The van der Waals surface area contributed by atoms with Gasteiger partial charge in [0.15, 0.2) is 0 Å². The van der Waals surface area contributed by atoms with Crippen LogP contribution in [-0.4, -0.2) is 20.2 Å². The molecule has 0 fully saturated rings. The van der Waals surface area contributed by atoms with Crippen molar-refractivity contribution in [2.45, 2.75) is 0 Å². The van der Waals surface area contributed by atoms with Gasteiger partial charge in [-0.05, 0) is 44.6 Å². The van der Waals surface area contributed by atoms with E-state index >= 15 is 0 Å². The molecule has 0 aliphatic rings. The van der Waals surface area contributed by atoms with Gasteiger partial charge in [-0.2, -0.15) is 4.68 Å². The summed E-state index contributed by atoms with van der Waals surface area (Å²) in [6, 6.07) is 3.92. The Kier molecular flexibility index (Phi) is 2.16. The molecule has 0 aliphatic carbocycles. The van der Waals surface area contributed by atoms with Crippen molar-refractivity contribution in [3.63, 3.8) is 0 Å². The second-order valence-electron chi connectivity index (χ2n) is 2.51. The van der Waals surface area contributed by atoms with Gasteiger partial charge in [0.1, 0.15) is 5.82 Å². The highest BCUT2D eigenvalue weighted by Gasteiger charge is 2.07. The number of tetrazole rings is 1. The Morgan fingerprint density at radius 1 is 1.50 bits per heavy atom. The minimum atomic E-state index is -0.475. The molecule has 1 heterocycles. The zero-order valence-electron chi connectivity index (χ0n) is 6.74. The van der Waals surface area contributed by atoms with Gasteiger partial charge >= 0.3 is 5.69 Å². The predicted octanol–water partition coefficient (Wildman–Crippen LogP) is 0.857. The summed E-state index contributed by atoms with van der Waals surface area (Å²) >= 11 is 3.12. The molecule has 0 saturated carbocycles. The number of aromatic nitrogens is 4. The fourth-order valence-electron chi connectivity index (χ4n) is 1.01. The van der Waals surface area contributed by atoms with E-state index < -0.39 is 11.5 Å². The van der Waals surface area contributed by atoms with Crippen LogP contribution in [-0.2, 0) is 0 Å². The fourth-order valence-corrected chi connectivity index (χ4v) is 1.53. The van der Waals surface area contributed by atoms with Crippen molar-refractivity contribution < 1.29 is 4.39 Å². The van der Waals surface area contributed by atoms with Crippen molar-refractivity contribution in [1.82, 2.24) is 20.2 Å². The lowest BCUT2D eigenvalue weighted by Gasteiger charge is -2.00. The lowest BCUT2D eigenvalue weighted by Crippen LogP contribution is -2.16. The largest absolute Gasteiger partial charge is 0.365 e. The third-order valence-corrected chi connectivity index (χ3v) is 2.25. The molecule has 7 heteroatoms. The van der Waals surface area contributed by atoms with Gasteiger partial charge in [0, 0.05) is 4.47 Å². The van der Waals surface area contributed by atoms with Crippen LogP contribution in [0.5, 0.6) is 0 Å². The maximum atomic E-state index is 12.7. The number of hydrogen-bond donors (Lipinski definition) is 1. The molecule has 0 bridgehead atoms. The second kappa shape index (κ2) is 3.33. The molecular weight excluding hydrogens is 255 g/mol. The van der Waals surface area contributed by atoms with Crippen LogP contribution in [0.15, 0.2) is 27.5 Å². The maximum absolute atomic E-state index is 12.7. The molecule has 72 valence electrons. The van der Waals surface area contributed by atoms with E-state index in [2.05, 4.69) is 31.5 Å². The molecule has 2 aromatic rings. The van der Waals surface area contributed by atoms with E-state index in [0.29, 0.717) is 10.2 Å². The lowest BCUT2D eigenvalue weighted by molar-refractivity contribution is 0.625. The summed E-state index contributed by atoms with van der Waals surface area (Å²) in [5.41, 5.74) is -0.0394. The number of nitrogens with zero attached hydrogens (tertiary/aromatic N) is 3. The smallest absolute Gasteiger partial charge is 0.244 e. The number of nitrogens with one attached hydrogen (secondary N) is 1. The third kappa shape index (κ3) is 1.46. The van der Waals surface area contributed by atoms with E-state index in [1.54, 1.807) is 0 Å². The highest BCUT2D eigenvalue weighted by Crippen LogP contribution is 2.19. The first kappa shape index (κ1) is 9.07. The highest BCUT2D eigenvalue weighted by molar-refractivity contribution is 9.10. The quantitative estimate of drug-likeness (QED) is 0.825. The van der Waals surface area contributed by atoms with Gasteiger partial charge in [0.25, 0.3) is 0 Å². The summed E-state index contributed by atoms with van der Waals surface area (Å²) in [6.07, 6.45) is 0. The Morgan fingerprint density at radius 2 is 2.29 bits per heavy atom. The zero-order valence-corrected chi connectivity index (χ0v) is 8.32. The zero-order chi connectivity index (χ0) is 10.1. The minimum Gasteiger partial charge on any atom is -0.244 e. The molecule has 0 atom stereocenters. The topological polar surface area (TPSA) is 63.6 Å². The average Bonchev–Trinajstić information content (AvgIpc) is 2.52. The molecule has 5 nitrogen and oxygen atoms in total. The van der Waals surface area contributed by atoms with E-state index in [1.807, 2.05) is 0 Å². The minimum absolute atomic E-state index is 0.392. The van der Waals surface area contributed by atoms with Crippen LogP contribution in [0.2, 0.25) is 0 Å². The Hall–Kier alpha value is -1.50. The first-order chi connectivity index (χ1) is 6.68. The van der Waals surface area contributed by atoms with Gasteiger partial charge in [0.05, 0.1) is 5.69 Å². The van der Waals surface area contributed by atoms with E-state index in [0.717, 1.165) is 4.68 Å². The summed E-state index contributed by atoms with van der Waals surface area (Å²) in [5, 5.41) is 8.99. The highest BCUT2D eigenvalue weighted by atomic mass is 79.9. The number of halogens is 2. The van der Waals surface area contributed by atoms with E-state index in [4.69, 9.17) is 0 Å². The molecule has 0 saturated heterocycles. The molecule has 0 amide bonds. The van der Waals surface area contributed by atoms with Crippen LogP contribution in [0.4, 0.5) is 4.39 Å². The molecule has 0 radical (unpaired) electrons. The molecule has 1 N–H and O–H groups in total. The van der Waals surface area contributed by atoms with E-state index in [9.17, 15) is 9.18 Å². The monoisotopic (exact) mass is 258 g/mol. The number of aromatic amines is 1. The van der Waals surface area contributed by atoms with Gasteiger partial charge in [-0.15, -0.1) is 0 Å². The van der Waals surface area contributed by atoms with Gasteiger partial charge in [-0.1, -0.05) is 0 Å². The van der Waals surface area contributed by atoms with Crippen LogP contribution in [0.1, 0.15) is 0 Å². The fraction of sp³-hybridized carbons (Fsp3) is 0. The number of rotatable bonds is 1. The van der Waals surface area contributed by atoms with Crippen molar-refractivity contribution in [2.24, 2.45) is 0 Å². The summed E-state index contributed by atoms with van der Waals surface area (Å²) in [5.74, 6) is -0.392. The average molecular weight is 259 g/mol. The second-order valence-corrected chi connectivity index (χ2v) is 3.37. The van der Waals surface area contributed by atoms with Crippen LogP contribution in [0.3, 0.4) is 0 Å². The van der Waals surface area contributed by atoms with Crippen molar-refractivity contribution in [3.8, 4) is 5.69 Å². The standard InChI is InChI=1S/C7H4BrFN4O/c8-5-3-4(9)1-2-6(5)13-7(14)10-11-12-13/h1-3H,(H,10,12,14). The van der Waals surface area contributed by atoms with Gasteiger partial charge < -0.3 is 0 Å². The normalized spacial score (nSPS) is 10.4. The van der Waals surface area contributed by atoms with Crippen molar-refractivity contribution >= 4 is 15.9 Å². The Balaban J connectivity index is 2.63. The molecule has 1 aromatic heterocycles. The third-order valence-electron chi connectivity index (χ3n) is 1.61. The number of hydrogen-bond acceptors (Lipinski definition) is 3. The molecule has 0 aliphatic heterocycles. The SMILES string of the molecule is O=c1[nH]nnn1-c1ccc(F)cc1Br. The van der Waals surface area contributed by atoms with Crippen LogP contribution in [0.25, 0.3) is 5.69 Å². The van der Waals surface area contributed by atoms with Gasteiger partial charge in [-0.25, -0.2) is 14.3 Å². The molecule has 0 unspecified atom stereocenters. The van der Waals surface area contributed by atoms with Crippen molar-refractivity contribution in [1.29, 1.82) is 0 Å². The van der Waals surface area contributed by atoms with Crippen molar-refractivity contribution in [2.75, 3.05) is 0 Å². The Labute approximate surface area is 85.7 Å². The predicted molar refractivity (Wildman–Crippen MR) is 49.6 cm³/mol. The number of benzene rings is 1. The molecule has 14 heavy (non-hydrogen) atoms. The molecule has 2 rings (SSSR count). The van der Waals surface area contributed by atoms with Crippen molar-refractivity contribution in [3.05, 3.63) is 39.0 Å². The summed E-state index contributed by atoms with van der Waals surface area (Å²) < 4.78 is 14.2. The van der Waals surface area contributed by atoms with Gasteiger partial charge in [-0.3, -0.25) is 0 Å². The van der Waals surface area contributed by atoms with Crippen LogP contribution < -0.4 is 5.69 Å². The maximum Gasteiger partial charge on any atom is 0.365 e. The Morgan fingerprint density at radius 3 is 2.86 bits per heavy atom. The first-order valence-electron chi connectivity index (χ1n) is 3.64. The molecule has 1 aromatic carbocycles. The van der Waals surface area contributed by atoms with Crippen LogP contribution >= 0.6 is 15.9 Å². The lowest BCUT2D eigenvalue weighted by atomic mass is 10.3. The first-order valence-corrected chi connectivity index (χ1v) is 4.43. The summed E-state index contributed by atoms with van der Waals surface area (Å²) in [7, 11) is 0.